The molecule has 2 N–H and O–H groups in total. The van der Waals surface area contributed by atoms with Crippen LogP contribution in [-0.2, 0) is 16.0 Å². The molecule has 0 radical (unpaired) electrons. The number of esters is 1. The van der Waals surface area contributed by atoms with Crippen molar-refractivity contribution < 1.29 is 19.0 Å². The number of carbonyl (C=O) groups excluding carboxylic acids is 1. The average molecular weight is 274 g/mol. The molecule has 0 aliphatic rings. The second kappa shape index (κ2) is 6.47. The number of carbonyl (C=O) groups is 1. The van der Waals surface area contributed by atoms with Crippen LogP contribution in [0.25, 0.3) is 0 Å². The van der Waals surface area contributed by atoms with E-state index in [0.717, 1.165) is 5.56 Å². The monoisotopic (exact) mass is 273 g/mol. The third-order valence-corrected chi connectivity index (χ3v) is 2.73. The number of methoxy groups -OCH3 is 3. The van der Waals surface area contributed by atoms with Crippen LogP contribution >= 0.6 is 11.6 Å². The number of nitrogens with two attached hydrogens (primary N) is 1. The van der Waals surface area contributed by atoms with E-state index in [9.17, 15) is 4.79 Å². The van der Waals surface area contributed by atoms with E-state index in [1.807, 2.05) is 0 Å². The van der Waals surface area contributed by atoms with E-state index in [-0.39, 0.29) is 0 Å². The first kappa shape index (κ1) is 14.6. The van der Waals surface area contributed by atoms with Gasteiger partial charge in [-0.3, -0.25) is 4.79 Å². The Bertz CT molecular complexity index is 436. The highest BCUT2D eigenvalue weighted by Gasteiger charge is 2.17. The maximum Gasteiger partial charge on any atom is 0.322 e. The number of ether oxygens (including phenoxy) is 3. The fraction of sp³-hybridized carbons (Fsp3) is 0.417. The molecule has 1 atom stereocenters. The third-order valence-electron chi connectivity index (χ3n) is 2.45. The molecule has 0 aromatic heterocycles. The zero-order valence-corrected chi connectivity index (χ0v) is 11.3. The molecule has 0 unspecified atom stereocenters. The van der Waals surface area contributed by atoms with Crippen LogP contribution in [0.5, 0.6) is 11.5 Å². The van der Waals surface area contributed by atoms with Crippen LogP contribution in [0.15, 0.2) is 12.1 Å². The van der Waals surface area contributed by atoms with Crippen molar-refractivity contribution in [3.63, 3.8) is 0 Å². The summed E-state index contributed by atoms with van der Waals surface area (Å²) in [4.78, 5) is 11.2. The van der Waals surface area contributed by atoms with Crippen LogP contribution < -0.4 is 15.2 Å². The Morgan fingerprint density at radius 2 is 2.00 bits per heavy atom. The highest BCUT2D eigenvalue weighted by atomic mass is 35.5. The quantitative estimate of drug-likeness (QED) is 0.821. The van der Waals surface area contributed by atoms with Crippen molar-refractivity contribution in [3.8, 4) is 11.5 Å². The molecule has 0 fully saturated rings. The lowest BCUT2D eigenvalue weighted by Crippen LogP contribution is -2.33. The van der Waals surface area contributed by atoms with Crippen LogP contribution in [0.3, 0.4) is 0 Å². The first-order valence-electron chi connectivity index (χ1n) is 5.27. The minimum atomic E-state index is -0.732. The first-order chi connectivity index (χ1) is 8.53. The lowest BCUT2D eigenvalue weighted by Gasteiger charge is -2.13. The van der Waals surface area contributed by atoms with Crippen LogP contribution in [0.1, 0.15) is 5.56 Å². The number of hydrogen-bond acceptors (Lipinski definition) is 5. The Kier molecular flexibility index (Phi) is 5.25. The lowest BCUT2D eigenvalue weighted by molar-refractivity contribution is -0.142. The predicted octanol–water partition coefficient (Wildman–Crippen LogP) is 1.40. The highest BCUT2D eigenvalue weighted by Crippen LogP contribution is 2.36. The summed E-state index contributed by atoms with van der Waals surface area (Å²) < 4.78 is 14.8. The van der Waals surface area contributed by atoms with E-state index in [1.165, 1.54) is 21.3 Å². The van der Waals surface area contributed by atoms with Gasteiger partial charge in [0.25, 0.3) is 0 Å². The van der Waals surface area contributed by atoms with Crippen molar-refractivity contribution in [1.82, 2.24) is 0 Å². The van der Waals surface area contributed by atoms with E-state index in [1.54, 1.807) is 12.1 Å². The summed E-state index contributed by atoms with van der Waals surface area (Å²) >= 11 is 6.05. The van der Waals surface area contributed by atoms with Gasteiger partial charge in [-0.25, -0.2) is 0 Å². The summed E-state index contributed by atoms with van der Waals surface area (Å²) in [6, 6.07) is 2.68. The molecule has 18 heavy (non-hydrogen) atoms. The van der Waals surface area contributed by atoms with Gasteiger partial charge >= 0.3 is 5.97 Å². The standard InChI is InChI=1S/C12H16ClNO4/c1-16-10-6-7(4-8(13)11(10)17-2)5-9(14)12(15)18-3/h4,6,9H,5,14H2,1-3H3/t9-/m1/s1. The molecule has 0 aliphatic carbocycles. The second-order valence-electron chi connectivity index (χ2n) is 3.65. The molecule has 0 bridgehead atoms. The van der Waals surface area contributed by atoms with Crippen molar-refractivity contribution in [1.29, 1.82) is 0 Å². The minimum absolute atomic E-state index is 0.312. The zero-order valence-electron chi connectivity index (χ0n) is 10.5. The van der Waals surface area contributed by atoms with Crippen molar-refractivity contribution in [2.75, 3.05) is 21.3 Å². The van der Waals surface area contributed by atoms with Crippen LogP contribution in [0.4, 0.5) is 0 Å². The molecule has 0 spiro atoms. The van der Waals surface area contributed by atoms with Crippen molar-refractivity contribution in [2.24, 2.45) is 5.73 Å². The molecule has 1 aromatic rings. The average Bonchev–Trinajstić information content (AvgIpc) is 2.36. The van der Waals surface area contributed by atoms with Gasteiger partial charge < -0.3 is 19.9 Å². The molecular formula is C12H16ClNO4. The molecule has 0 saturated carbocycles. The Morgan fingerprint density at radius 1 is 1.33 bits per heavy atom. The van der Waals surface area contributed by atoms with Gasteiger partial charge in [0.15, 0.2) is 11.5 Å². The summed E-state index contributed by atoms with van der Waals surface area (Å²) in [5.74, 6) is 0.479. The molecule has 0 saturated heterocycles. The van der Waals surface area contributed by atoms with Gasteiger partial charge in [0.2, 0.25) is 0 Å². The van der Waals surface area contributed by atoms with Gasteiger partial charge in [-0.05, 0) is 24.1 Å². The van der Waals surface area contributed by atoms with E-state index in [2.05, 4.69) is 4.74 Å². The summed E-state index contributed by atoms with van der Waals surface area (Å²) in [5, 5.41) is 0.406. The summed E-state index contributed by atoms with van der Waals surface area (Å²) in [5.41, 5.74) is 6.46. The maximum atomic E-state index is 11.2. The fourth-order valence-electron chi connectivity index (χ4n) is 1.58. The highest BCUT2D eigenvalue weighted by molar-refractivity contribution is 6.32. The maximum absolute atomic E-state index is 11.2. The van der Waals surface area contributed by atoms with Crippen LogP contribution in [0.2, 0.25) is 5.02 Å². The number of rotatable bonds is 5. The number of hydrogen-bond donors (Lipinski definition) is 1. The summed E-state index contributed by atoms with van der Waals surface area (Å²) in [7, 11) is 4.31. The molecule has 0 heterocycles. The predicted molar refractivity (Wildman–Crippen MR) is 68.3 cm³/mol. The van der Waals surface area contributed by atoms with Crippen molar-refractivity contribution in [2.45, 2.75) is 12.5 Å². The van der Waals surface area contributed by atoms with Gasteiger partial charge in [-0.2, -0.15) is 0 Å². The largest absolute Gasteiger partial charge is 0.493 e. The Balaban J connectivity index is 2.98. The smallest absolute Gasteiger partial charge is 0.322 e. The molecule has 0 amide bonds. The van der Waals surface area contributed by atoms with Gasteiger partial charge in [0, 0.05) is 0 Å². The van der Waals surface area contributed by atoms with Crippen LogP contribution in [0, 0.1) is 0 Å². The van der Waals surface area contributed by atoms with Gasteiger partial charge in [0.1, 0.15) is 6.04 Å². The molecule has 6 heteroatoms. The van der Waals surface area contributed by atoms with E-state index in [0.29, 0.717) is 22.9 Å². The summed E-state index contributed by atoms with van der Waals surface area (Å²) in [6.07, 6.45) is 0.312. The number of benzene rings is 1. The van der Waals surface area contributed by atoms with Crippen molar-refractivity contribution in [3.05, 3.63) is 22.7 Å². The molecular weight excluding hydrogens is 258 g/mol. The van der Waals surface area contributed by atoms with Crippen molar-refractivity contribution >= 4 is 17.6 Å². The lowest BCUT2D eigenvalue weighted by atomic mass is 10.1. The molecule has 1 aromatic carbocycles. The van der Waals surface area contributed by atoms with Gasteiger partial charge in [-0.15, -0.1) is 0 Å². The summed E-state index contributed by atoms with van der Waals surface area (Å²) in [6.45, 7) is 0. The Morgan fingerprint density at radius 3 is 2.50 bits per heavy atom. The topological polar surface area (TPSA) is 70.8 Å². The molecule has 0 aliphatic heterocycles. The number of halogens is 1. The normalized spacial score (nSPS) is 11.8. The molecule has 100 valence electrons. The van der Waals surface area contributed by atoms with Gasteiger partial charge in [0.05, 0.1) is 26.4 Å². The fourth-order valence-corrected chi connectivity index (χ4v) is 1.89. The second-order valence-corrected chi connectivity index (χ2v) is 4.05. The molecule has 5 nitrogen and oxygen atoms in total. The van der Waals surface area contributed by atoms with Crippen LogP contribution in [-0.4, -0.2) is 33.3 Å². The SMILES string of the molecule is COC(=O)[C@H](N)Cc1cc(Cl)c(OC)c(OC)c1. The van der Waals surface area contributed by atoms with Gasteiger partial charge in [-0.1, -0.05) is 11.6 Å². The molecule has 1 rings (SSSR count). The van der Waals surface area contributed by atoms with E-state index in [4.69, 9.17) is 26.8 Å². The van der Waals surface area contributed by atoms with E-state index >= 15 is 0 Å². The van der Waals surface area contributed by atoms with E-state index < -0.39 is 12.0 Å². The Labute approximate surface area is 111 Å². The minimum Gasteiger partial charge on any atom is -0.493 e. The third kappa shape index (κ3) is 3.27. The Hall–Kier alpha value is -1.46. The first-order valence-corrected chi connectivity index (χ1v) is 5.65. The zero-order chi connectivity index (χ0) is 13.7.